The molecule has 4 heteroatoms. The Hall–Kier alpha value is -1.16. The van der Waals surface area contributed by atoms with Crippen LogP contribution < -0.4 is 4.74 Å². The number of thioether (sulfide) groups is 1. The van der Waals surface area contributed by atoms with E-state index in [-0.39, 0.29) is 5.97 Å². The number of esters is 1. The number of rotatable bonds is 5. The highest BCUT2D eigenvalue weighted by molar-refractivity contribution is 7.99. The second kappa shape index (κ2) is 6.43. The lowest BCUT2D eigenvalue weighted by molar-refractivity contribution is -0.140. The molecule has 0 atom stereocenters. The number of methoxy groups -OCH3 is 2. The molecule has 0 aliphatic rings. The monoisotopic (exact) mass is 240 g/mol. The van der Waals surface area contributed by atoms with Gasteiger partial charge in [0.1, 0.15) is 5.75 Å². The predicted molar refractivity (Wildman–Crippen MR) is 65.1 cm³/mol. The van der Waals surface area contributed by atoms with Crippen LogP contribution in [0.3, 0.4) is 0 Å². The minimum Gasteiger partial charge on any atom is -0.496 e. The van der Waals surface area contributed by atoms with E-state index >= 15 is 0 Å². The third-order valence-corrected chi connectivity index (χ3v) is 3.15. The third-order valence-electron chi connectivity index (χ3n) is 2.11. The molecule has 88 valence electrons. The van der Waals surface area contributed by atoms with Gasteiger partial charge in [0.2, 0.25) is 0 Å². The lowest BCUT2D eigenvalue weighted by Crippen LogP contribution is -2.01. The van der Waals surface area contributed by atoms with Crippen molar-refractivity contribution in [3.8, 4) is 5.75 Å². The molecule has 0 saturated carbocycles. The molecule has 3 nitrogen and oxygen atoms in total. The summed E-state index contributed by atoms with van der Waals surface area (Å²) in [5, 5.41) is 0. The molecule has 0 fully saturated rings. The van der Waals surface area contributed by atoms with Crippen LogP contribution in [0.25, 0.3) is 0 Å². The lowest BCUT2D eigenvalue weighted by atomic mass is 10.2. The summed E-state index contributed by atoms with van der Waals surface area (Å²) in [6.45, 7) is 2.03. The van der Waals surface area contributed by atoms with Crippen LogP contribution in [0.1, 0.15) is 12.0 Å². The van der Waals surface area contributed by atoms with Crippen molar-refractivity contribution in [2.75, 3.05) is 20.0 Å². The number of benzene rings is 1. The van der Waals surface area contributed by atoms with Crippen molar-refractivity contribution in [2.24, 2.45) is 0 Å². The second-order valence-corrected chi connectivity index (χ2v) is 4.47. The van der Waals surface area contributed by atoms with Gasteiger partial charge in [-0.05, 0) is 24.6 Å². The van der Waals surface area contributed by atoms with Crippen molar-refractivity contribution in [1.82, 2.24) is 0 Å². The van der Waals surface area contributed by atoms with E-state index in [9.17, 15) is 4.79 Å². The first-order valence-corrected chi connectivity index (χ1v) is 6.00. The highest BCUT2D eigenvalue weighted by Crippen LogP contribution is 2.30. The Labute approximate surface area is 100 Å². The standard InChI is InChI=1S/C12H16O3S/c1-9-4-5-10(14-2)11(8-9)16-7-6-12(13)15-3/h4-5,8H,6-7H2,1-3H3. The first-order chi connectivity index (χ1) is 7.67. The molecule has 1 aromatic carbocycles. The topological polar surface area (TPSA) is 35.5 Å². The first-order valence-electron chi connectivity index (χ1n) is 5.01. The summed E-state index contributed by atoms with van der Waals surface area (Å²) >= 11 is 1.60. The van der Waals surface area contributed by atoms with E-state index in [1.807, 2.05) is 19.1 Å². The summed E-state index contributed by atoms with van der Waals surface area (Å²) in [6.07, 6.45) is 0.415. The smallest absolute Gasteiger partial charge is 0.306 e. The van der Waals surface area contributed by atoms with Crippen molar-refractivity contribution in [3.05, 3.63) is 23.8 Å². The van der Waals surface area contributed by atoms with E-state index in [0.717, 1.165) is 10.6 Å². The predicted octanol–water partition coefficient (Wildman–Crippen LogP) is 2.66. The molecule has 0 aliphatic heterocycles. The summed E-state index contributed by atoms with van der Waals surface area (Å²) < 4.78 is 9.83. The van der Waals surface area contributed by atoms with Gasteiger partial charge in [0.15, 0.2) is 0 Å². The number of ether oxygens (including phenoxy) is 2. The molecule has 0 aliphatic carbocycles. The number of hydrogen-bond donors (Lipinski definition) is 0. The molecule has 0 amide bonds. The highest BCUT2D eigenvalue weighted by atomic mass is 32.2. The molecule has 16 heavy (non-hydrogen) atoms. The lowest BCUT2D eigenvalue weighted by Gasteiger charge is -2.08. The molecule has 0 spiro atoms. The Morgan fingerprint density at radius 2 is 2.12 bits per heavy atom. The van der Waals surface area contributed by atoms with E-state index in [1.165, 1.54) is 12.7 Å². The average Bonchev–Trinajstić information content (AvgIpc) is 2.29. The van der Waals surface area contributed by atoms with Crippen LogP contribution in [0.15, 0.2) is 23.1 Å². The van der Waals surface area contributed by atoms with Gasteiger partial charge >= 0.3 is 5.97 Å². The maximum absolute atomic E-state index is 11.0. The fourth-order valence-corrected chi connectivity index (χ4v) is 2.29. The van der Waals surface area contributed by atoms with Crippen LogP contribution in [-0.2, 0) is 9.53 Å². The van der Waals surface area contributed by atoms with Crippen molar-refractivity contribution < 1.29 is 14.3 Å². The van der Waals surface area contributed by atoms with E-state index in [0.29, 0.717) is 12.2 Å². The Kier molecular flexibility index (Phi) is 5.19. The minimum atomic E-state index is -0.181. The van der Waals surface area contributed by atoms with Crippen molar-refractivity contribution in [1.29, 1.82) is 0 Å². The van der Waals surface area contributed by atoms with E-state index in [1.54, 1.807) is 18.9 Å². The number of carbonyl (C=O) groups excluding carboxylic acids is 1. The summed E-state index contributed by atoms with van der Waals surface area (Å²) in [4.78, 5) is 12.0. The van der Waals surface area contributed by atoms with Gasteiger partial charge in [-0.2, -0.15) is 0 Å². The number of aryl methyl sites for hydroxylation is 1. The van der Waals surface area contributed by atoms with Crippen LogP contribution in [-0.4, -0.2) is 25.9 Å². The van der Waals surface area contributed by atoms with Crippen LogP contribution in [0.4, 0.5) is 0 Å². The number of carbonyl (C=O) groups is 1. The summed E-state index contributed by atoms with van der Waals surface area (Å²) in [5.74, 6) is 1.37. The zero-order valence-corrected chi connectivity index (χ0v) is 10.6. The second-order valence-electron chi connectivity index (χ2n) is 3.33. The van der Waals surface area contributed by atoms with E-state index in [2.05, 4.69) is 10.8 Å². The molecule has 0 unspecified atom stereocenters. The van der Waals surface area contributed by atoms with Crippen molar-refractivity contribution in [3.63, 3.8) is 0 Å². The van der Waals surface area contributed by atoms with Gasteiger partial charge in [0.05, 0.1) is 20.6 Å². The van der Waals surface area contributed by atoms with Crippen LogP contribution in [0.5, 0.6) is 5.75 Å². The Morgan fingerprint density at radius 3 is 2.75 bits per heavy atom. The molecule has 0 aromatic heterocycles. The molecular weight excluding hydrogens is 224 g/mol. The summed E-state index contributed by atoms with van der Waals surface area (Å²) in [7, 11) is 3.05. The zero-order chi connectivity index (χ0) is 12.0. The molecule has 1 aromatic rings. The quantitative estimate of drug-likeness (QED) is 0.585. The molecule has 1 rings (SSSR count). The Balaban J connectivity index is 2.58. The fourth-order valence-electron chi connectivity index (χ4n) is 1.24. The van der Waals surface area contributed by atoms with Crippen molar-refractivity contribution >= 4 is 17.7 Å². The van der Waals surface area contributed by atoms with Crippen LogP contribution >= 0.6 is 11.8 Å². The normalized spacial score (nSPS) is 9.94. The largest absolute Gasteiger partial charge is 0.496 e. The van der Waals surface area contributed by atoms with Crippen molar-refractivity contribution in [2.45, 2.75) is 18.2 Å². The minimum absolute atomic E-state index is 0.181. The first kappa shape index (κ1) is 12.9. The van der Waals surface area contributed by atoms with Gasteiger partial charge in [-0.25, -0.2) is 0 Å². The summed E-state index contributed by atoms with van der Waals surface area (Å²) in [6, 6.07) is 6.00. The SMILES string of the molecule is COC(=O)CCSc1cc(C)ccc1OC. The van der Waals surface area contributed by atoms with E-state index < -0.39 is 0 Å². The maximum atomic E-state index is 11.0. The maximum Gasteiger partial charge on any atom is 0.306 e. The van der Waals surface area contributed by atoms with Gasteiger partial charge in [-0.15, -0.1) is 11.8 Å². The van der Waals surface area contributed by atoms with Gasteiger partial charge in [0, 0.05) is 10.6 Å². The molecule has 0 saturated heterocycles. The molecule has 0 radical (unpaired) electrons. The molecule has 0 N–H and O–H groups in total. The van der Waals surface area contributed by atoms with Gasteiger partial charge < -0.3 is 9.47 Å². The highest BCUT2D eigenvalue weighted by Gasteiger charge is 2.06. The molecule has 0 bridgehead atoms. The summed E-state index contributed by atoms with van der Waals surface area (Å²) in [5.41, 5.74) is 1.18. The van der Waals surface area contributed by atoms with Crippen LogP contribution in [0, 0.1) is 6.92 Å². The Bertz CT molecular complexity index is 363. The fraction of sp³-hybridized carbons (Fsp3) is 0.417. The van der Waals surface area contributed by atoms with Gasteiger partial charge in [-0.1, -0.05) is 6.07 Å². The molecular formula is C12H16O3S. The third kappa shape index (κ3) is 3.77. The molecule has 0 heterocycles. The van der Waals surface area contributed by atoms with Gasteiger partial charge in [0.25, 0.3) is 0 Å². The van der Waals surface area contributed by atoms with Crippen LogP contribution in [0.2, 0.25) is 0 Å². The average molecular weight is 240 g/mol. The number of hydrogen-bond acceptors (Lipinski definition) is 4. The van der Waals surface area contributed by atoms with Gasteiger partial charge in [-0.3, -0.25) is 4.79 Å². The Morgan fingerprint density at radius 1 is 1.38 bits per heavy atom. The van der Waals surface area contributed by atoms with E-state index in [4.69, 9.17) is 4.74 Å². The zero-order valence-electron chi connectivity index (χ0n) is 9.78.